The van der Waals surface area contributed by atoms with Crippen LogP contribution in [-0.2, 0) is 0 Å². The number of rotatable bonds is 2. The molecule has 1 aliphatic carbocycles. The molecule has 3 N–H and O–H groups in total. The van der Waals surface area contributed by atoms with E-state index in [0.29, 0.717) is 6.04 Å². The molecule has 0 fully saturated rings. The molecule has 1 aliphatic rings. The minimum atomic E-state index is 0.551. The summed E-state index contributed by atoms with van der Waals surface area (Å²) in [6.07, 6.45) is 6.68. The van der Waals surface area contributed by atoms with Gasteiger partial charge in [-0.15, -0.1) is 0 Å². The van der Waals surface area contributed by atoms with Gasteiger partial charge in [0.25, 0.3) is 0 Å². The van der Waals surface area contributed by atoms with Crippen LogP contribution in [-0.4, -0.2) is 6.04 Å². The Hall–Kier alpha value is -1.44. The predicted molar refractivity (Wildman–Crippen MR) is 61.4 cm³/mol. The van der Waals surface area contributed by atoms with Gasteiger partial charge in [0.1, 0.15) is 0 Å². The predicted octanol–water partition coefficient (Wildman–Crippen LogP) is 2.71. The van der Waals surface area contributed by atoms with E-state index in [0.717, 1.165) is 24.1 Å². The fraction of sp³-hybridized carbons (Fsp3) is 0.333. The van der Waals surface area contributed by atoms with Crippen LogP contribution in [0.1, 0.15) is 18.4 Å². The zero-order valence-electron chi connectivity index (χ0n) is 8.46. The van der Waals surface area contributed by atoms with E-state index in [1.165, 1.54) is 5.69 Å². The largest absolute Gasteiger partial charge is 0.398 e. The summed E-state index contributed by atoms with van der Waals surface area (Å²) in [5, 5.41) is 3.51. The highest BCUT2D eigenvalue weighted by atomic mass is 14.9. The molecule has 74 valence electrons. The minimum Gasteiger partial charge on any atom is -0.398 e. The maximum Gasteiger partial charge on any atom is 0.0392 e. The van der Waals surface area contributed by atoms with Gasteiger partial charge in [0.15, 0.2) is 0 Å². The quantitative estimate of drug-likeness (QED) is 0.553. The summed E-state index contributed by atoms with van der Waals surface area (Å²) >= 11 is 0. The molecule has 1 aromatic rings. The van der Waals surface area contributed by atoms with Crippen molar-refractivity contribution in [2.75, 3.05) is 11.1 Å². The molecule has 2 heteroatoms. The van der Waals surface area contributed by atoms with Crippen LogP contribution in [0.2, 0.25) is 0 Å². The van der Waals surface area contributed by atoms with E-state index in [9.17, 15) is 0 Å². The lowest BCUT2D eigenvalue weighted by molar-refractivity contribution is 0.786. The van der Waals surface area contributed by atoms with Crippen LogP contribution in [0.25, 0.3) is 0 Å². The molecule has 2 nitrogen and oxygen atoms in total. The van der Waals surface area contributed by atoms with Gasteiger partial charge >= 0.3 is 0 Å². The lowest BCUT2D eigenvalue weighted by Gasteiger charge is -2.16. The van der Waals surface area contributed by atoms with Crippen LogP contribution in [0, 0.1) is 6.92 Å². The van der Waals surface area contributed by atoms with Gasteiger partial charge in [0.2, 0.25) is 0 Å². The molecular formula is C12H16N2. The number of nitrogen functional groups attached to an aromatic ring is 1. The highest BCUT2D eigenvalue weighted by Gasteiger charge is 2.10. The monoisotopic (exact) mass is 188 g/mol. The molecule has 0 spiro atoms. The third kappa shape index (κ3) is 1.74. The van der Waals surface area contributed by atoms with Gasteiger partial charge in [-0.25, -0.2) is 0 Å². The van der Waals surface area contributed by atoms with Gasteiger partial charge in [-0.2, -0.15) is 0 Å². The molecule has 0 atom stereocenters. The fourth-order valence-corrected chi connectivity index (χ4v) is 1.76. The fourth-order valence-electron chi connectivity index (χ4n) is 1.76. The van der Waals surface area contributed by atoms with Crippen molar-refractivity contribution < 1.29 is 0 Å². The van der Waals surface area contributed by atoms with Crippen LogP contribution in [0.5, 0.6) is 0 Å². The molecule has 0 amide bonds. The molecule has 0 saturated carbocycles. The van der Waals surface area contributed by atoms with Crippen LogP contribution < -0.4 is 11.1 Å². The second-order valence-electron chi connectivity index (χ2n) is 3.80. The third-order valence-electron chi connectivity index (χ3n) is 2.74. The summed E-state index contributed by atoms with van der Waals surface area (Å²) < 4.78 is 0. The number of hydrogen-bond acceptors (Lipinski definition) is 2. The maximum absolute atomic E-state index is 5.84. The van der Waals surface area contributed by atoms with Crippen LogP contribution in [0.3, 0.4) is 0 Å². The van der Waals surface area contributed by atoms with Gasteiger partial charge in [-0.3, -0.25) is 0 Å². The van der Waals surface area contributed by atoms with E-state index >= 15 is 0 Å². The molecule has 0 bridgehead atoms. The SMILES string of the molecule is Cc1c(N)cccc1NC1CC=CC1. The van der Waals surface area contributed by atoms with Crippen LogP contribution in [0.15, 0.2) is 30.4 Å². The van der Waals surface area contributed by atoms with E-state index in [-0.39, 0.29) is 0 Å². The molecule has 14 heavy (non-hydrogen) atoms. The van der Waals surface area contributed by atoms with Gasteiger partial charge in [0, 0.05) is 17.4 Å². The first-order chi connectivity index (χ1) is 6.77. The summed E-state index contributed by atoms with van der Waals surface area (Å²) in [4.78, 5) is 0. The van der Waals surface area contributed by atoms with Crippen molar-refractivity contribution in [2.45, 2.75) is 25.8 Å². The molecule has 0 heterocycles. The molecular weight excluding hydrogens is 172 g/mol. The Bertz CT molecular complexity index is 347. The Kier molecular flexibility index (Phi) is 2.44. The number of nitrogens with two attached hydrogens (primary N) is 1. The smallest absolute Gasteiger partial charge is 0.0392 e. The van der Waals surface area contributed by atoms with Gasteiger partial charge < -0.3 is 11.1 Å². The topological polar surface area (TPSA) is 38.0 Å². The first kappa shape index (κ1) is 9.13. The average Bonchev–Trinajstić information content (AvgIpc) is 2.66. The Morgan fingerprint density at radius 1 is 1.29 bits per heavy atom. The number of nitrogens with one attached hydrogen (secondary N) is 1. The summed E-state index contributed by atoms with van der Waals surface area (Å²) in [7, 11) is 0. The van der Waals surface area contributed by atoms with Crippen molar-refractivity contribution in [3.05, 3.63) is 35.9 Å². The Morgan fingerprint density at radius 2 is 2.00 bits per heavy atom. The van der Waals surface area contributed by atoms with Crippen molar-refractivity contribution in [2.24, 2.45) is 0 Å². The summed E-state index contributed by atoms with van der Waals surface area (Å²) in [6, 6.07) is 6.57. The lowest BCUT2D eigenvalue weighted by atomic mass is 10.1. The van der Waals surface area contributed by atoms with Crippen LogP contribution in [0.4, 0.5) is 11.4 Å². The van der Waals surface area contributed by atoms with E-state index in [1.807, 2.05) is 12.1 Å². The van der Waals surface area contributed by atoms with Crippen molar-refractivity contribution in [1.29, 1.82) is 0 Å². The number of benzene rings is 1. The van der Waals surface area contributed by atoms with Gasteiger partial charge in [-0.05, 0) is 37.5 Å². The first-order valence-corrected chi connectivity index (χ1v) is 5.04. The second kappa shape index (κ2) is 3.74. The Morgan fingerprint density at radius 3 is 2.71 bits per heavy atom. The highest BCUT2D eigenvalue weighted by Crippen LogP contribution is 2.23. The Labute approximate surface area is 84.8 Å². The van der Waals surface area contributed by atoms with Crippen molar-refractivity contribution in [1.82, 2.24) is 0 Å². The van der Waals surface area contributed by atoms with E-state index in [2.05, 4.69) is 30.5 Å². The summed E-state index contributed by atoms with van der Waals surface area (Å²) in [6.45, 7) is 2.06. The molecule has 1 aromatic carbocycles. The third-order valence-corrected chi connectivity index (χ3v) is 2.74. The Balaban J connectivity index is 2.12. The first-order valence-electron chi connectivity index (χ1n) is 5.04. The molecule has 0 aromatic heterocycles. The standard InChI is InChI=1S/C12H16N2/c1-9-11(13)7-4-8-12(9)14-10-5-2-3-6-10/h2-4,7-8,10,14H,5-6,13H2,1H3. The van der Waals surface area contributed by atoms with Crippen molar-refractivity contribution in [3.63, 3.8) is 0 Å². The zero-order chi connectivity index (χ0) is 9.97. The number of anilines is 2. The van der Waals surface area contributed by atoms with Gasteiger partial charge in [0.05, 0.1) is 0 Å². The van der Waals surface area contributed by atoms with E-state index in [1.54, 1.807) is 0 Å². The van der Waals surface area contributed by atoms with E-state index in [4.69, 9.17) is 5.73 Å². The molecule has 0 radical (unpaired) electrons. The second-order valence-corrected chi connectivity index (χ2v) is 3.80. The van der Waals surface area contributed by atoms with Crippen molar-refractivity contribution in [3.8, 4) is 0 Å². The van der Waals surface area contributed by atoms with Crippen LogP contribution >= 0.6 is 0 Å². The molecule has 0 saturated heterocycles. The minimum absolute atomic E-state index is 0.551. The molecule has 0 unspecified atom stereocenters. The zero-order valence-corrected chi connectivity index (χ0v) is 8.46. The number of hydrogen-bond donors (Lipinski definition) is 2. The molecule has 0 aliphatic heterocycles. The lowest BCUT2D eigenvalue weighted by Crippen LogP contribution is -2.16. The summed E-state index contributed by atoms with van der Waals surface area (Å²) in [5.41, 5.74) is 9.02. The normalized spacial score (nSPS) is 16.1. The van der Waals surface area contributed by atoms with E-state index < -0.39 is 0 Å². The highest BCUT2D eigenvalue weighted by molar-refractivity contribution is 5.63. The van der Waals surface area contributed by atoms with Gasteiger partial charge in [-0.1, -0.05) is 18.2 Å². The molecule has 2 rings (SSSR count). The maximum atomic E-state index is 5.84. The van der Waals surface area contributed by atoms with Crippen molar-refractivity contribution >= 4 is 11.4 Å². The summed E-state index contributed by atoms with van der Waals surface area (Å²) in [5.74, 6) is 0. The average molecular weight is 188 g/mol.